The van der Waals surface area contributed by atoms with E-state index in [0.29, 0.717) is 0 Å². The molecule has 0 spiro atoms. The second kappa shape index (κ2) is 8.13. The highest BCUT2D eigenvalue weighted by Gasteiger charge is 2.18. The Morgan fingerprint density at radius 2 is 1.63 bits per heavy atom. The molecule has 0 saturated heterocycles. The van der Waals surface area contributed by atoms with Crippen LogP contribution in [0.15, 0.2) is 58.3 Å². The van der Waals surface area contributed by atoms with Crippen LogP contribution in [0.4, 0.5) is 10.1 Å². The molecule has 0 aliphatic rings. The van der Waals surface area contributed by atoms with Crippen molar-refractivity contribution >= 4 is 31.6 Å². The lowest BCUT2D eigenvalue weighted by Gasteiger charge is -2.13. The quantitative estimate of drug-likeness (QED) is 0.700. The number of carbonyl (C=O) groups excluding carboxylic acids is 1. The van der Waals surface area contributed by atoms with Gasteiger partial charge in [-0.2, -0.15) is 0 Å². The minimum atomic E-state index is -3.99. The third-order valence-corrected chi connectivity index (χ3v) is 6.67. The summed E-state index contributed by atoms with van der Waals surface area (Å²) in [7, 11) is -4.90. The molecule has 0 saturated carbocycles. The van der Waals surface area contributed by atoms with Gasteiger partial charge in [0.15, 0.2) is 0 Å². The molecule has 0 aromatic heterocycles. The number of carbonyl (C=O) groups is 1. The minimum absolute atomic E-state index is 0.0165. The lowest BCUT2D eigenvalue weighted by Crippen LogP contribution is -2.33. The van der Waals surface area contributed by atoms with Gasteiger partial charge in [-0.3, -0.25) is 4.79 Å². The SMILES string of the molecule is CN(C)S(=O)(=O)c1cccc(NC(=O)CNS(=O)(=O)c2ccc(F)cc2)c1. The standard InChI is InChI=1S/C16H18FN3O5S2/c1-20(2)27(24,25)15-5-3-4-13(10-15)19-16(21)11-18-26(22,23)14-8-6-12(17)7-9-14/h3-10,18H,11H2,1-2H3,(H,19,21). The highest BCUT2D eigenvalue weighted by molar-refractivity contribution is 7.89. The third kappa shape index (κ3) is 5.32. The minimum Gasteiger partial charge on any atom is -0.325 e. The summed E-state index contributed by atoms with van der Waals surface area (Å²) in [6.07, 6.45) is 0. The van der Waals surface area contributed by atoms with Crippen LogP contribution in [0.1, 0.15) is 0 Å². The molecule has 2 rings (SSSR count). The van der Waals surface area contributed by atoms with Crippen LogP contribution in [-0.2, 0) is 24.8 Å². The van der Waals surface area contributed by atoms with Gasteiger partial charge in [-0.25, -0.2) is 30.3 Å². The molecule has 0 atom stereocenters. The van der Waals surface area contributed by atoms with Gasteiger partial charge in [-0.05, 0) is 42.5 Å². The van der Waals surface area contributed by atoms with Crippen LogP contribution in [0.25, 0.3) is 0 Å². The van der Waals surface area contributed by atoms with Crippen LogP contribution >= 0.6 is 0 Å². The highest BCUT2D eigenvalue weighted by atomic mass is 32.2. The average molecular weight is 415 g/mol. The Labute approximate surface area is 157 Å². The Morgan fingerprint density at radius 3 is 2.22 bits per heavy atom. The predicted molar refractivity (Wildman–Crippen MR) is 97.5 cm³/mol. The first-order valence-electron chi connectivity index (χ1n) is 7.60. The van der Waals surface area contributed by atoms with Crippen molar-refractivity contribution in [3.8, 4) is 0 Å². The first-order valence-corrected chi connectivity index (χ1v) is 10.5. The number of nitrogens with one attached hydrogen (secondary N) is 2. The van der Waals surface area contributed by atoms with Crippen molar-refractivity contribution < 1.29 is 26.0 Å². The fourth-order valence-corrected chi connectivity index (χ4v) is 3.94. The number of halogens is 1. The molecule has 0 aliphatic heterocycles. The van der Waals surface area contributed by atoms with Crippen molar-refractivity contribution in [2.24, 2.45) is 0 Å². The fraction of sp³-hybridized carbons (Fsp3) is 0.188. The second-order valence-electron chi connectivity index (χ2n) is 5.64. The molecule has 2 aromatic rings. The summed E-state index contributed by atoms with van der Waals surface area (Å²) in [4.78, 5) is 11.8. The number of hydrogen-bond donors (Lipinski definition) is 2. The van der Waals surface area contributed by atoms with Crippen LogP contribution in [0, 0.1) is 5.82 Å². The third-order valence-electron chi connectivity index (χ3n) is 3.44. The van der Waals surface area contributed by atoms with Crippen LogP contribution in [0.5, 0.6) is 0 Å². The lowest BCUT2D eigenvalue weighted by atomic mass is 10.3. The number of hydrogen-bond acceptors (Lipinski definition) is 5. The summed E-state index contributed by atoms with van der Waals surface area (Å²) in [6, 6.07) is 9.70. The van der Waals surface area contributed by atoms with Crippen molar-refractivity contribution in [2.45, 2.75) is 9.79 Å². The molecule has 1 amide bonds. The summed E-state index contributed by atoms with van der Waals surface area (Å²) >= 11 is 0. The van der Waals surface area contributed by atoms with E-state index in [1.54, 1.807) is 0 Å². The zero-order valence-electron chi connectivity index (χ0n) is 14.5. The number of sulfonamides is 2. The highest BCUT2D eigenvalue weighted by Crippen LogP contribution is 2.18. The molecule has 0 aliphatic carbocycles. The van der Waals surface area contributed by atoms with E-state index in [9.17, 15) is 26.0 Å². The van der Waals surface area contributed by atoms with Crippen molar-refractivity contribution in [2.75, 3.05) is 26.0 Å². The molecule has 0 bridgehead atoms. The molecule has 2 aromatic carbocycles. The predicted octanol–water partition coefficient (Wildman–Crippen LogP) is 0.993. The average Bonchev–Trinajstić information content (AvgIpc) is 2.60. The smallest absolute Gasteiger partial charge is 0.242 e. The normalized spacial score (nSPS) is 12.1. The Bertz CT molecular complexity index is 1040. The lowest BCUT2D eigenvalue weighted by molar-refractivity contribution is -0.115. The summed E-state index contributed by atoms with van der Waals surface area (Å²) in [5.74, 6) is -1.28. The van der Waals surface area contributed by atoms with E-state index >= 15 is 0 Å². The van der Waals surface area contributed by atoms with E-state index in [4.69, 9.17) is 0 Å². The van der Waals surface area contributed by atoms with E-state index in [-0.39, 0.29) is 15.5 Å². The van der Waals surface area contributed by atoms with Crippen LogP contribution in [-0.4, -0.2) is 47.7 Å². The molecular formula is C16H18FN3O5S2. The zero-order valence-corrected chi connectivity index (χ0v) is 16.1. The van der Waals surface area contributed by atoms with E-state index in [1.165, 1.54) is 38.4 Å². The first-order chi connectivity index (χ1) is 12.5. The molecule has 8 nitrogen and oxygen atoms in total. The van der Waals surface area contributed by atoms with E-state index in [1.807, 2.05) is 0 Å². The van der Waals surface area contributed by atoms with Gasteiger partial charge in [0.1, 0.15) is 5.82 Å². The van der Waals surface area contributed by atoms with Gasteiger partial charge < -0.3 is 5.32 Å². The number of anilines is 1. The van der Waals surface area contributed by atoms with E-state index < -0.39 is 38.3 Å². The summed E-state index contributed by atoms with van der Waals surface area (Å²) in [5, 5.41) is 2.42. The molecule has 11 heteroatoms. The second-order valence-corrected chi connectivity index (χ2v) is 9.56. The van der Waals surface area contributed by atoms with Gasteiger partial charge in [0.2, 0.25) is 26.0 Å². The molecule has 2 N–H and O–H groups in total. The van der Waals surface area contributed by atoms with Gasteiger partial charge >= 0.3 is 0 Å². The van der Waals surface area contributed by atoms with Gasteiger partial charge in [-0.15, -0.1) is 0 Å². The Balaban J connectivity index is 2.05. The molecular weight excluding hydrogens is 397 g/mol. The maximum atomic E-state index is 12.9. The van der Waals surface area contributed by atoms with Gasteiger partial charge in [0, 0.05) is 19.8 Å². The number of benzene rings is 2. The van der Waals surface area contributed by atoms with Gasteiger partial charge in [0.25, 0.3) is 0 Å². The number of rotatable bonds is 7. The maximum Gasteiger partial charge on any atom is 0.242 e. The van der Waals surface area contributed by atoms with Crippen LogP contribution in [0.3, 0.4) is 0 Å². The number of nitrogens with zero attached hydrogens (tertiary/aromatic N) is 1. The molecule has 0 heterocycles. The van der Waals surface area contributed by atoms with Crippen LogP contribution < -0.4 is 10.0 Å². The van der Waals surface area contributed by atoms with Gasteiger partial charge in [-0.1, -0.05) is 6.07 Å². The van der Waals surface area contributed by atoms with Crippen LogP contribution in [0.2, 0.25) is 0 Å². The van der Waals surface area contributed by atoms with Crippen molar-refractivity contribution in [3.05, 3.63) is 54.3 Å². The molecule has 0 radical (unpaired) electrons. The Morgan fingerprint density at radius 1 is 1.00 bits per heavy atom. The number of amides is 1. The van der Waals surface area contributed by atoms with Crippen molar-refractivity contribution in [1.29, 1.82) is 0 Å². The maximum absolute atomic E-state index is 12.9. The van der Waals surface area contributed by atoms with Crippen molar-refractivity contribution in [1.82, 2.24) is 9.03 Å². The zero-order chi connectivity index (χ0) is 20.2. The van der Waals surface area contributed by atoms with Gasteiger partial charge in [0.05, 0.1) is 16.3 Å². The monoisotopic (exact) mass is 415 g/mol. The molecule has 0 unspecified atom stereocenters. The fourth-order valence-electron chi connectivity index (χ4n) is 2.01. The summed E-state index contributed by atoms with van der Waals surface area (Å²) < 4.78 is 64.3. The van der Waals surface area contributed by atoms with Crippen molar-refractivity contribution in [3.63, 3.8) is 0 Å². The summed E-state index contributed by atoms with van der Waals surface area (Å²) in [5.41, 5.74) is 0.198. The van der Waals surface area contributed by atoms with E-state index in [0.717, 1.165) is 28.6 Å². The molecule has 27 heavy (non-hydrogen) atoms. The van der Waals surface area contributed by atoms with E-state index in [2.05, 4.69) is 10.0 Å². The molecule has 0 fully saturated rings. The Hall–Kier alpha value is -2.34. The first kappa shape index (κ1) is 21.0. The molecule has 146 valence electrons. The summed E-state index contributed by atoms with van der Waals surface area (Å²) in [6.45, 7) is -0.579. The largest absolute Gasteiger partial charge is 0.325 e. The topological polar surface area (TPSA) is 113 Å². The Kier molecular flexibility index (Phi) is 6.31.